The molecule has 3 rings (SSSR count). The minimum Gasteiger partial charge on any atom is -0.396 e. The molecule has 0 aromatic carbocycles. The summed E-state index contributed by atoms with van der Waals surface area (Å²) in [5.41, 5.74) is 5.77. The first-order valence-electron chi connectivity index (χ1n) is 8.82. The zero-order valence-electron chi connectivity index (χ0n) is 14.6. The van der Waals surface area contributed by atoms with Gasteiger partial charge in [0, 0.05) is 51.8 Å². The number of carbonyl (C=O) groups is 2. The predicted octanol–water partition coefficient (Wildman–Crippen LogP) is 0.628. The molecule has 0 unspecified atom stereocenters. The Morgan fingerprint density at radius 1 is 1.28 bits per heavy atom. The molecule has 2 aliphatic rings. The molecule has 7 heteroatoms. The largest absolute Gasteiger partial charge is 0.396 e. The van der Waals surface area contributed by atoms with Crippen LogP contribution in [-0.4, -0.2) is 59.6 Å². The number of amides is 2. The van der Waals surface area contributed by atoms with E-state index in [9.17, 15) is 14.7 Å². The molecule has 2 amide bonds. The Labute approximate surface area is 147 Å². The average Bonchev–Trinajstić information content (AvgIpc) is 2.62. The number of aromatic nitrogens is 1. The first kappa shape index (κ1) is 17.7. The molecular formula is C18H26N4O3. The van der Waals surface area contributed by atoms with Gasteiger partial charge in [-0.05, 0) is 36.8 Å². The number of carbonyl (C=O) groups excluding carboxylic acids is 2. The van der Waals surface area contributed by atoms with Crippen molar-refractivity contribution in [2.75, 3.05) is 37.7 Å². The molecular weight excluding hydrogens is 320 g/mol. The van der Waals surface area contributed by atoms with Crippen molar-refractivity contribution >= 4 is 17.6 Å². The van der Waals surface area contributed by atoms with Crippen LogP contribution in [0, 0.1) is 11.3 Å². The third-order valence-electron chi connectivity index (χ3n) is 5.97. The van der Waals surface area contributed by atoms with Gasteiger partial charge in [-0.3, -0.25) is 9.59 Å². The lowest BCUT2D eigenvalue weighted by atomic mass is 9.64. The number of hydrogen-bond donors (Lipinski definition) is 2. The molecule has 3 N–H and O–H groups in total. The van der Waals surface area contributed by atoms with Gasteiger partial charge in [0.15, 0.2) is 0 Å². The van der Waals surface area contributed by atoms with Crippen LogP contribution in [0.15, 0.2) is 18.3 Å². The van der Waals surface area contributed by atoms with Gasteiger partial charge in [0.05, 0.1) is 5.56 Å². The molecule has 3 heterocycles. The molecule has 2 saturated heterocycles. The van der Waals surface area contributed by atoms with E-state index in [4.69, 9.17) is 5.73 Å². The Balaban J connectivity index is 1.66. The standard InChI is InChI=1S/C18H26N4O3/c1-13(24)22-9-6-18(15(11-22)12-23)4-7-21(8-5-18)16-3-2-14(10-20-16)17(19)25/h2-3,10,15,23H,4-9,11-12H2,1H3,(H2,19,25)/t15-/m1/s1. The van der Waals surface area contributed by atoms with Gasteiger partial charge in [-0.2, -0.15) is 0 Å². The third kappa shape index (κ3) is 3.46. The van der Waals surface area contributed by atoms with Crippen molar-refractivity contribution in [3.8, 4) is 0 Å². The minimum atomic E-state index is -0.473. The first-order valence-corrected chi connectivity index (χ1v) is 8.82. The summed E-state index contributed by atoms with van der Waals surface area (Å²) in [5.74, 6) is 0.600. The number of hydrogen-bond acceptors (Lipinski definition) is 5. The van der Waals surface area contributed by atoms with Crippen LogP contribution in [-0.2, 0) is 4.79 Å². The summed E-state index contributed by atoms with van der Waals surface area (Å²) >= 11 is 0. The Hall–Kier alpha value is -2.15. The van der Waals surface area contributed by atoms with E-state index in [-0.39, 0.29) is 23.8 Å². The summed E-state index contributed by atoms with van der Waals surface area (Å²) in [5, 5.41) is 9.87. The Morgan fingerprint density at radius 3 is 2.48 bits per heavy atom. The van der Waals surface area contributed by atoms with Crippen molar-refractivity contribution in [3.63, 3.8) is 0 Å². The fraction of sp³-hybridized carbons (Fsp3) is 0.611. The van der Waals surface area contributed by atoms with E-state index in [0.717, 1.165) is 44.7 Å². The summed E-state index contributed by atoms with van der Waals surface area (Å²) in [6, 6.07) is 3.54. The number of rotatable bonds is 3. The molecule has 0 radical (unpaired) electrons. The second-order valence-corrected chi connectivity index (χ2v) is 7.21. The monoisotopic (exact) mass is 346 g/mol. The number of pyridine rings is 1. The highest BCUT2D eigenvalue weighted by molar-refractivity contribution is 5.92. The van der Waals surface area contributed by atoms with Gasteiger partial charge in [-0.1, -0.05) is 0 Å². The van der Waals surface area contributed by atoms with Crippen molar-refractivity contribution in [1.29, 1.82) is 0 Å². The Morgan fingerprint density at radius 2 is 1.96 bits per heavy atom. The van der Waals surface area contributed by atoms with Crippen LogP contribution in [0.2, 0.25) is 0 Å². The minimum absolute atomic E-state index is 0.0875. The van der Waals surface area contributed by atoms with E-state index < -0.39 is 5.91 Å². The van der Waals surface area contributed by atoms with E-state index in [0.29, 0.717) is 12.1 Å². The number of anilines is 1. The van der Waals surface area contributed by atoms with Gasteiger partial charge in [-0.25, -0.2) is 4.98 Å². The fourth-order valence-corrected chi connectivity index (χ4v) is 4.21. The molecule has 0 saturated carbocycles. The second kappa shape index (κ2) is 7.00. The maximum absolute atomic E-state index is 11.6. The second-order valence-electron chi connectivity index (χ2n) is 7.21. The van der Waals surface area contributed by atoms with Crippen LogP contribution >= 0.6 is 0 Å². The van der Waals surface area contributed by atoms with Gasteiger partial charge in [0.2, 0.25) is 11.8 Å². The Kier molecular flexibility index (Phi) is 4.94. The number of nitrogens with zero attached hydrogens (tertiary/aromatic N) is 3. The smallest absolute Gasteiger partial charge is 0.250 e. The van der Waals surface area contributed by atoms with E-state index in [2.05, 4.69) is 9.88 Å². The summed E-state index contributed by atoms with van der Waals surface area (Å²) in [6.45, 7) is 4.86. The van der Waals surface area contributed by atoms with Crippen LogP contribution in [0.1, 0.15) is 36.5 Å². The molecule has 7 nitrogen and oxygen atoms in total. The molecule has 25 heavy (non-hydrogen) atoms. The maximum atomic E-state index is 11.6. The highest BCUT2D eigenvalue weighted by Crippen LogP contribution is 2.45. The number of aliphatic hydroxyl groups is 1. The molecule has 1 spiro atoms. The summed E-state index contributed by atoms with van der Waals surface area (Å²) < 4.78 is 0. The van der Waals surface area contributed by atoms with Crippen molar-refractivity contribution in [1.82, 2.24) is 9.88 Å². The van der Waals surface area contributed by atoms with E-state index >= 15 is 0 Å². The molecule has 0 aliphatic carbocycles. The van der Waals surface area contributed by atoms with Crippen LogP contribution in [0.4, 0.5) is 5.82 Å². The molecule has 136 valence electrons. The van der Waals surface area contributed by atoms with Gasteiger partial charge in [0.25, 0.3) is 0 Å². The number of primary amides is 1. The Bertz CT molecular complexity index is 638. The van der Waals surface area contributed by atoms with Crippen molar-refractivity contribution < 1.29 is 14.7 Å². The first-order chi connectivity index (χ1) is 11.9. The summed E-state index contributed by atoms with van der Waals surface area (Å²) in [6.07, 6.45) is 4.41. The van der Waals surface area contributed by atoms with Gasteiger partial charge >= 0.3 is 0 Å². The zero-order valence-corrected chi connectivity index (χ0v) is 14.6. The van der Waals surface area contributed by atoms with Crippen molar-refractivity contribution in [2.45, 2.75) is 26.2 Å². The molecule has 1 atom stereocenters. The van der Waals surface area contributed by atoms with Crippen molar-refractivity contribution in [2.24, 2.45) is 17.1 Å². The van der Waals surface area contributed by atoms with E-state index in [1.165, 1.54) is 6.20 Å². The highest BCUT2D eigenvalue weighted by Gasteiger charge is 2.45. The number of likely N-dealkylation sites (tertiary alicyclic amines) is 1. The quantitative estimate of drug-likeness (QED) is 0.836. The molecule has 1 aromatic rings. The number of piperidine rings is 2. The van der Waals surface area contributed by atoms with Gasteiger partial charge in [-0.15, -0.1) is 0 Å². The number of nitrogens with two attached hydrogens (primary N) is 1. The van der Waals surface area contributed by atoms with Crippen LogP contribution < -0.4 is 10.6 Å². The topological polar surface area (TPSA) is 99.8 Å². The van der Waals surface area contributed by atoms with E-state index in [1.54, 1.807) is 13.0 Å². The summed E-state index contributed by atoms with van der Waals surface area (Å²) in [4.78, 5) is 31.2. The van der Waals surface area contributed by atoms with Crippen LogP contribution in [0.5, 0.6) is 0 Å². The lowest BCUT2D eigenvalue weighted by molar-refractivity contribution is -0.134. The molecule has 1 aromatic heterocycles. The van der Waals surface area contributed by atoms with E-state index in [1.807, 2.05) is 11.0 Å². The van der Waals surface area contributed by atoms with Gasteiger partial charge in [0.1, 0.15) is 5.82 Å². The SMILES string of the molecule is CC(=O)N1CCC2(CCN(c3ccc(C(N)=O)cn3)CC2)[C@@H](CO)C1. The average molecular weight is 346 g/mol. The van der Waals surface area contributed by atoms with Crippen LogP contribution in [0.3, 0.4) is 0 Å². The van der Waals surface area contributed by atoms with Gasteiger partial charge < -0.3 is 20.6 Å². The lowest BCUT2D eigenvalue weighted by Gasteiger charge is -2.51. The normalized spacial score (nSPS) is 22.9. The molecule has 0 bridgehead atoms. The van der Waals surface area contributed by atoms with Crippen molar-refractivity contribution in [3.05, 3.63) is 23.9 Å². The fourth-order valence-electron chi connectivity index (χ4n) is 4.21. The molecule has 2 fully saturated rings. The molecule has 2 aliphatic heterocycles. The maximum Gasteiger partial charge on any atom is 0.250 e. The predicted molar refractivity (Wildman–Crippen MR) is 94.1 cm³/mol. The summed E-state index contributed by atoms with van der Waals surface area (Å²) in [7, 11) is 0. The zero-order chi connectivity index (χ0) is 18.0. The lowest BCUT2D eigenvalue weighted by Crippen LogP contribution is -2.54. The number of aliphatic hydroxyl groups excluding tert-OH is 1. The van der Waals surface area contributed by atoms with Crippen LogP contribution in [0.25, 0.3) is 0 Å². The third-order valence-corrected chi connectivity index (χ3v) is 5.97. The highest BCUT2D eigenvalue weighted by atomic mass is 16.3.